The third kappa shape index (κ3) is 4.20. The maximum atomic E-state index is 11.5. The second-order valence-electron chi connectivity index (χ2n) is 4.91. The number of carbonyl (C=O) groups is 1. The number of carbonyl (C=O) groups excluding carboxylic acids is 1. The van der Waals surface area contributed by atoms with Gasteiger partial charge in [0, 0.05) is 0 Å². The number of hydrogen-bond acceptors (Lipinski definition) is 3. The first kappa shape index (κ1) is 12.5. The first-order valence-electron chi connectivity index (χ1n) is 5.94. The first-order chi connectivity index (χ1) is 7.13. The van der Waals surface area contributed by atoms with Crippen molar-refractivity contribution >= 4 is 5.97 Å². The maximum Gasteiger partial charge on any atom is 0.322 e. The van der Waals surface area contributed by atoms with Crippen LogP contribution in [0.5, 0.6) is 0 Å². The minimum atomic E-state index is -0.122. The molecule has 0 aromatic heterocycles. The van der Waals surface area contributed by atoms with Crippen LogP contribution in [0.1, 0.15) is 39.5 Å². The largest absolute Gasteiger partial charge is 0.468 e. The van der Waals surface area contributed by atoms with Crippen molar-refractivity contribution in [1.82, 2.24) is 5.32 Å². The number of methoxy groups -OCH3 is 1. The normalized spacial score (nSPS) is 18.7. The lowest BCUT2D eigenvalue weighted by atomic mass is 9.85. The molecule has 0 aromatic carbocycles. The van der Waals surface area contributed by atoms with Gasteiger partial charge in [-0.15, -0.1) is 0 Å². The Balaban J connectivity index is 2.29. The molecule has 1 saturated carbocycles. The van der Waals surface area contributed by atoms with Gasteiger partial charge in [-0.25, -0.2) is 0 Å². The molecule has 3 nitrogen and oxygen atoms in total. The van der Waals surface area contributed by atoms with Gasteiger partial charge < -0.3 is 10.1 Å². The average molecular weight is 213 g/mol. The van der Waals surface area contributed by atoms with E-state index in [1.807, 2.05) is 0 Å². The van der Waals surface area contributed by atoms with Crippen LogP contribution in [0.3, 0.4) is 0 Å². The smallest absolute Gasteiger partial charge is 0.322 e. The second-order valence-corrected chi connectivity index (χ2v) is 4.91. The van der Waals surface area contributed by atoms with Gasteiger partial charge in [0.15, 0.2) is 0 Å². The third-order valence-corrected chi connectivity index (χ3v) is 3.07. The van der Waals surface area contributed by atoms with Crippen LogP contribution >= 0.6 is 0 Å². The Morgan fingerprint density at radius 2 is 2.13 bits per heavy atom. The molecule has 0 heterocycles. The Kier molecular flexibility index (Phi) is 5.09. The van der Waals surface area contributed by atoms with Gasteiger partial charge >= 0.3 is 5.97 Å². The zero-order chi connectivity index (χ0) is 11.3. The van der Waals surface area contributed by atoms with Gasteiger partial charge in [0.2, 0.25) is 0 Å². The predicted molar refractivity (Wildman–Crippen MR) is 60.6 cm³/mol. The summed E-state index contributed by atoms with van der Waals surface area (Å²) in [5, 5.41) is 3.33. The summed E-state index contributed by atoms with van der Waals surface area (Å²) in [6.07, 6.45) is 4.82. The standard InChI is InChI=1S/C12H23NO2/c1-9(2)7-11(12(14)15-3)13-8-10-5-4-6-10/h9-11,13H,4-8H2,1-3H3. The Bertz CT molecular complexity index is 200. The summed E-state index contributed by atoms with van der Waals surface area (Å²) < 4.78 is 4.80. The summed E-state index contributed by atoms with van der Waals surface area (Å²) in [6.45, 7) is 5.22. The quantitative estimate of drug-likeness (QED) is 0.685. The fourth-order valence-corrected chi connectivity index (χ4v) is 1.88. The Labute approximate surface area is 92.6 Å². The number of hydrogen-bond donors (Lipinski definition) is 1. The van der Waals surface area contributed by atoms with E-state index < -0.39 is 0 Å². The molecule has 1 rings (SSSR count). The van der Waals surface area contributed by atoms with Crippen LogP contribution in [0.25, 0.3) is 0 Å². The highest BCUT2D eigenvalue weighted by Gasteiger charge is 2.23. The molecule has 0 saturated heterocycles. The lowest BCUT2D eigenvalue weighted by Gasteiger charge is -2.28. The van der Waals surface area contributed by atoms with E-state index in [2.05, 4.69) is 19.2 Å². The van der Waals surface area contributed by atoms with Crippen LogP contribution in [0.2, 0.25) is 0 Å². The summed E-state index contributed by atoms with van der Waals surface area (Å²) in [6, 6.07) is -0.115. The molecule has 1 aliphatic rings. The summed E-state index contributed by atoms with van der Waals surface area (Å²) in [7, 11) is 1.46. The molecule has 0 aromatic rings. The molecular formula is C12H23NO2. The SMILES string of the molecule is COC(=O)C(CC(C)C)NCC1CCC1. The van der Waals surface area contributed by atoms with Crippen LogP contribution in [0.15, 0.2) is 0 Å². The molecule has 0 bridgehead atoms. The molecule has 1 fully saturated rings. The fraction of sp³-hybridized carbons (Fsp3) is 0.917. The van der Waals surface area contributed by atoms with E-state index in [0.29, 0.717) is 5.92 Å². The van der Waals surface area contributed by atoms with Crippen molar-refractivity contribution in [3.05, 3.63) is 0 Å². The first-order valence-corrected chi connectivity index (χ1v) is 5.94. The lowest BCUT2D eigenvalue weighted by molar-refractivity contribution is -0.143. The van der Waals surface area contributed by atoms with Crippen molar-refractivity contribution in [2.75, 3.05) is 13.7 Å². The molecule has 0 spiro atoms. The molecule has 15 heavy (non-hydrogen) atoms. The molecule has 0 aliphatic heterocycles. The summed E-state index contributed by atoms with van der Waals surface area (Å²) in [5.41, 5.74) is 0. The molecule has 1 aliphatic carbocycles. The number of rotatable bonds is 6. The summed E-state index contributed by atoms with van der Waals surface area (Å²) >= 11 is 0. The van der Waals surface area contributed by atoms with E-state index in [0.717, 1.165) is 18.9 Å². The minimum absolute atomic E-state index is 0.115. The van der Waals surface area contributed by atoms with Gasteiger partial charge in [0.05, 0.1) is 7.11 Å². The van der Waals surface area contributed by atoms with Gasteiger partial charge in [0.1, 0.15) is 6.04 Å². The zero-order valence-corrected chi connectivity index (χ0v) is 10.1. The lowest BCUT2D eigenvalue weighted by Crippen LogP contribution is -2.42. The Morgan fingerprint density at radius 3 is 2.53 bits per heavy atom. The van der Waals surface area contributed by atoms with Crippen molar-refractivity contribution in [1.29, 1.82) is 0 Å². The summed E-state index contributed by atoms with van der Waals surface area (Å²) in [4.78, 5) is 11.5. The van der Waals surface area contributed by atoms with Gasteiger partial charge in [-0.3, -0.25) is 4.79 Å². The third-order valence-electron chi connectivity index (χ3n) is 3.07. The molecule has 0 amide bonds. The van der Waals surface area contributed by atoms with E-state index in [4.69, 9.17) is 4.74 Å². The van der Waals surface area contributed by atoms with Crippen LogP contribution in [-0.4, -0.2) is 25.7 Å². The highest BCUT2D eigenvalue weighted by molar-refractivity contribution is 5.75. The topological polar surface area (TPSA) is 38.3 Å². The van der Waals surface area contributed by atoms with Crippen molar-refractivity contribution in [3.63, 3.8) is 0 Å². The number of esters is 1. The van der Waals surface area contributed by atoms with E-state index in [1.54, 1.807) is 0 Å². The molecule has 1 unspecified atom stereocenters. The van der Waals surface area contributed by atoms with Crippen molar-refractivity contribution < 1.29 is 9.53 Å². The predicted octanol–water partition coefficient (Wildman–Crippen LogP) is 1.96. The van der Waals surface area contributed by atoms with Crippen molar-refractivity contribution in [3.8, 4) is 0 Å². The van der Waals surface area contributed by atoms with Gasteiger partial charge in [-0.2, -0.15) is 0 Å². The molecular weight excluding hydrogens is 190 g/mol. The van der Waals surface area contributed by atoms with Crippen molar-refractivity contribution in [2.45, 2.75) is 45.6 Å². The van der Waals surface area contributed by atoms with Gasteiger partial charge in [-0.1, -0.05) is 20.3 Å². The monoisotopic (exact) mass is 213 g/mol. The van der Waals surface area contributed by atoms with Gasteiger partial charge in [-0.05, 0) is 37.6 Å². The average Bonchev–Trinajstić information content (AvgIpc) is 2.12. The second kappa shape index (κ2) is 6.11. The van der Waals surface area contributed by atoms with Gasteiger partial charge in [0.25, 0.3) is 0 Å². The molecule has 3 heteroatoms. The zero-order valence-electron chi connectivity index (χ0n) is 10.1. The summed E-state index contributed by atoms with van der Waals surface area (Å²) in [5.74, 6) is 1.18. The highest BCUT2D eigenvalue weighted by Crippen LogP contribution is 2.25. The molecule has 1 atom stereocenters. The highest BCUT2D eigenvalue weighted by atomic mass is 16.5. The number of ether oxygens (including phenoxy) is 1. The molecule has 0 radical (unpaired) electrons. The van der Waals surface area contributed by atoms with Crippen LogP contribution < -0.4 is 5.32 Å². The molecule has 1 N–H and O–H groups in total. The van der Waals surface area contributed by atoms with E-state index in [-0.39, 0.29) is 12.0 Å². The van der Waals surface area contributed by atoms with Crippen LogP contribution in [0, 0.1) is 11.8 Å². The van der Waals surface area contributed by atoms with E-state index >= 15 is 0 Å². The molecule has 88 valence electrons. The van der Waals surface area contributed by atoms with E-state index in [1.165, 1.54) is 26.4 Å². The van der Waals surface area contributed by atoms with E-state index in [9.17, 15) is 4.79 Å². The fourth-order valence-electron chi connectivity index (χ4n) is 1.88. The Morgan fingerprint density at radius 1 is 1.47 bits per heavy atom. The van der Waals surface area contributed by atoms with Crippen LogP contribution in [0.4, 0.5) is 0 Å². The Hall–Kier alpha value is -0.570. The minimum Gasteiger partial charge on any atom is -0.468 e. The maximum absolute atomic E-state index is 11.5. The number of nitrogens with one attached hydrogen (secondary N) is 1. The van der Waals surface area contributed by atoms with Crippen molar-refractivity contribution in [2.24, 2.45) is 11.8 Å². The van der Waals surface area contributed by atoms with Crippen LogP contribution in [-0.2, 0) is 9.53 Å².